The Morgan fingerprint density at radius 3 is 1.83 bits per heavy atom. The van der Waals surface area contributed by atoms with Crippen LogP contribution in [0, 0.1) is 6.92 Å². The van der Waals surface area contributed by atoms with E-state index >= 15 is 0 Å². The molecule has 1 aromatic rings. The maximum absolute atomic E-state index is 5.15. The highest BCUT2D eigenvalue weighted by Crippen LogP contribution is 2.05. The fourth-order valence-corrected chi connectivity index (χ4v) is 0.650. The first-order chi connectivity index (χ1) is 5.74. The molecule has 0 amide bonds. The highest BCUT2D eigenvalue weighted by molar-refractivity contribution is 5.42. The Morgan fingerprint density at radius 2 is 1.50 bits per heavy atom. The molecule has 1 aromatic carbocycles. The smallest absolute Gasteiger partial charge is 0.0485 e. The summed E-state index contributed by atoms with van der Waals surface area (Å²) in [5.41, 5.74) is 4.74. The standard InChI is InChI=1S/C7H10N2.C2H7N/c1-6-2-4-7(9-8)5-3-6;1-3-2/h2-5,9H,8H2,1H3;3H,1-2H3. The number of nitrogens with two attached hydrogens (primary N) is 1. The van der Waals surface area contributed by atoms with E-state index in [1.165, 1.54) is 5.56 Å². The normalized spacial score (nSPS) is 8.33. The maximum Gasteiger partial charge on any atom is 0.0485 e. The predicted octanol–water partition coefficient (Wildman–Crippen LogP) is 1.12. The molecule has 0 heterocycles. The minimum atomic E-state index is 0.945. The summed E-state index contributed by atoms with van der Waals surface area (Å²) in [5, 5.41) is 2.75. The van der Waals surface area contributed by atoms with E-state index in [-0.39, 0.29) is 0 Å². The zero-order valence-electron chi connectivity index (χ0n) is 7.89. The summed E-state index contributed by atoms with van der Waals surface area (Å²) in [6.07, 6.45) is 0. The minimum Gasteiger partial charge on any atom is -0.324 e. The van der Waals surface area contributed by atoms with Gasteiger partial charge in [-0.2, -0.15) is 0 Å². The number of benzene rings is 1. The van der Waals surface area contributed by atoms with Gasteiger partial charge in [-0.05, 0) is 33.2 Å². The zero-order chi connectivity index (χ0) is 9.40. The van der Waals surface area contributed by atoms with Crippen molar-refractivity contribution in [2.45, 2.75) is 6.92 Å². The Hall–Kier alpha value is -1.06. The van der Waals surface area contributed by atoms with Crippen molar-refractivity contribution >= 4 is 5.69 Å². The van der Waals surface area contributed by atoms with Crippen molar-refractivity contribution in [1.82, 2.24) is 5.32 Å². The van der Waals surface area contributed by atoms with Crippen LogP contribution in [0.1, 0.15) is 5.56 Å². The van der Waals surface area contributed by atoms with E-state index in [1.54, 1.807) is 0 Å². The third-order valence-corrected chi connectivity index (χ3v) is 1.22. The highest BCUT2D eigenvalue weighted by Gasteiger charge is 1.84. The number of hydrogen-bond donors (Lipinski definition) is 3. The zero-order valence-corrected chi connectivity index (χ0v) is 7.89. The third-order valence-electron chi connectivity index (χ3n) is 1.22. The number of hydrogen-bond acceptors (Lipinski definition) is 3. The Labute approximate surface area is 73.9 Å². The fourth-order valence-electron chi connectivity index (χ4n) is 0.650. The van der Waals surface area contributed by atoms with Crippen LogP contribution in [0.5, 0.6) is 0 Å². The molecular formula is C9H17N3. The second-order valence-corrected chi connectivity index (χ2v) is 2.51. The molecule has 0 unspecified atom stereocenters. The Kier molecular flexibility index (Phi) is 6.05. The summed E-state index contributed by atoms with van der Waals surface area (Å²) in [6, 6.07) is 7.90. The summed E-state index contributed by atoms with van der Waals surface area (Å²) in [4.78, 5) is 0. The highest BCUT2D eigenvalue weighted by atomic mass is 15.2. The van der Waals surface area contributed by atoms with Gasteiger partial charge in [0.1, 0.15) is 0 Å². The molecule has 0 saturated heterocycles. The van der Waals surface area contributed by atoms with Gasteiger partial charge in [-0.25, -0.2) is 0 Å². The van der Waals surface area contributed by atoms with Crippen LogP contribution < -0.4 is 16.6 Å². The lowest BCUT2D eigenvalue weighted by molar-refractivity contribution is 1.02. The molecule has 0 aliphatic carbocycles. The summed E-state index contributed by atoms with van der Waals surface area (Å²) >= 11 is 0. The van der Waals surface area contributed by atoms with E-state index in [1.807, 2.05) is 45.3 Å². The summed E-state index contributed by atoms with van der Waals surface area (Å²) in [5.74, 6) is 5.15. The van der Waals surface area contributed by atoms with Crippen LogP contribution in [0.25, 0.3) is 0 Å². The lowest BCUT2D eigenvalue weighted by Crippen LogP contribution is -2.05. The monoisotopic (exact) mass is 167 g/mol. The molecule has 0 bridgehead atoms. The lowest BCUT2D eigenvalue weighted by Gasteiger charge is -1.97. The van der Waals surface area contributed by atoms with Crippen molar-refractivity contribution in [2.75, 3.05) is 19.5 Å². The van der Waals surface area contributed by atoms with Crippen LogP contribution >= 0.6 is 0 Å². The molecule has 0 aromatic heterocycles. The van der Waals surface area contributed by atoms with Crippen molar-refractivity contribution in [1.29, 1.82) is 0 Å². The number of hydrazine groups is 1. The molecule has 0 aliphatic heterocycles. The van der Waals surface area contributed by atoms with Gasteiger partial charge in [0.05, 0.1) is 0 Å². The quantitative estimate of drug-likeness (QED) is 0.434. The van der Waals surface area contributed by atoms with Crippen LogP contribution in [-0.4, -0.2) is 14.1 Å². The van der Waals surface area contributed by atoms with Crippen molar-refractivity contribution < 1.29 is 0 Å². The van der Waals surface area contributed by atoms with Gasteiger partial charge in [-0.3, -0.25) is 5.84 Å². The van der Waals surface area contributed by atoms with Gasteiger partial charge in [0, 0.05) is 5.69 Å². The van der Waals surface area contributed by atoms with Crippen molar-refractivity contribution in [3.8, 4) is 0 Å². The molecule has 3 nitrogen and oxygen atoms in total. The van der Waals surface area contributed by atoms with E-state index in [4.69, 9.17) is 5.84 Å². The largest absolute Gasteiger partial charge is 0.324 e. The molecule has 3 heteroatoms. The topological polar surface area (TPSA) is 50.1 Å². The van der Waals surface area contributed by atoms with Gasteiger partial charge >= 0.3 is 0 Å². The summed E-state index contributed by atoms with van der Waals surface area (Å²) in [6.45, 7) is 2.04. The molecular weight excluding hydrogens is 150 g/mol. The van der Waals surface area contributed by atoms with Crippen LogP contribution in [0.15, 0.2) is 24.3 Å². The number of nitrogens with one attached hydrogen (secondary N) is 2. The van der Waals surface area contributed by atoms with Crippen molar-refractivity contribution in [2.24, 2.45) is 5.84 Å². The average Bonchev–Trinajstić information content (AvgIpc) is 2.07. The molecule has 0 saturated carbocycles. The Bertz CT molecular complexity index is 193. The minimum absolute atomic E-state index is 0.945. The number of aryl methyl sites for hydroxylation is 1. The molecule has 0 atom stereocenters. The molecule has 0 radical (unpaired) electrons. The van der Waals surface area contributed by atoms with E-state index in [2.05, 4.69) is 10.7 Å². The number of anilines is 1. The summed E-state index contributed by atoms with van der Waals surface area (Å²) in [7, 11) is 3.75. The van der Waals surface area contributed by atoms with E-state index in [0.717, 1.165) is 5.69 Å². The van der Waals surface area contributed by atoms with Gasteiger partial charge < -0.3 is 10.7 Å². The number of nitrogen functional groups attached to an aromatic ring is 1. The average molecular weight is 167 g/mol. The predicted molar refractivity (Wildman–Crippen MR) is 54.0 cm³/mol. The molecule has 12 heavy (non-hydrogen) atoms. The summed E-state index contributed by atoms with van der Waals surface area (Å²) < 4.78 is 0. The molecule has 4 N–H and O–H groups in total. The second-order valence-electron chi connectivity index (χ2n) is 2.51. The van der Waals surface area contributed by atoms with Crippen LogP contribution in [0.3, 0.4) is 0 Å². The fraction of sp³-hybridized carbons (Fsp3) is 0.333. The van der Waals surface area contributed by atoms with E-state index in [0.29, 0.717) is 0 Å². The maximum atomic E-state index is 5.15. The Morgan fingerprint density at radius 1 is 1.08 bits per heavy atom. The SMILES string of the molecule is CNC.Cc1ccc(NN)cc1. The molecule has 0 aliphatic rings. The van der Waals surface area contributed by atoms with Gasteiger partial charge in [0.25, 0.3) is 0 Å². The molecule has 0 fully saturated rings. The molecule has 1 rings (SSSR count). The molecule has 68 valence electrons. The lowest BCUT2D eigenvalue weighted by atomic mass is 10.2. The van der Waals surface area contributed by atoms with Crippen LogP contribution in [-0.2, 0) is 0 Å². The van der Waals surface area contributed by atoms with Gasteiger partial charge in [-0.1, -0.05) is 17.7 Å². The first-order valence-electron chi connectivity index (χ1n) is 3.86. The van der Waals surface area contributed by atoms with Gasteiger partial charge in [0.2, 0.25) is 0 Å². The first kappa shape index (κ1) is 10.9. The number of rotatable bonds is 1. The first-order valence-corrected chi connectivity index (χ1v) is 3.86. The van der Waals surface area contributed by atoms with Crippen molar-refractivity contribution in [3.63, 3.8) is 0 Å². The van der Waals surface area contributed by atoms with Crippen molar-refractivity contribution in [3.05, 3.63) is 29.8 Å². The van der Waals surface area contributed by atoms with Gasteiger partial charge in [-0.15, -0.1) is 0 Å². The van der Waals surface area contributed by atoms with Crippen LogP contribution in [0.2, 0.25) is 0 Å². The van der Waals surface area contributed by atoms with E-state index in [9.17, 15) is 0 Å². The Balaban J connectivity index is 0.000000354. The third kappa shape index (κ3) is 4.71. The van der Waals surface area contributed by atoms with E-state index < -0.39 is 0 Å². The second kappa shape index (κ2) is 6.64. The van der Waals surface area contributed by atoms with Crippen LogP contribution in [0.4, 0.5) is 5.69 Å². The van der Waals surface area contributed by atoms with Gasteiger partial charge in [0.15, 0.2) is 0 Å². The molecule has 0 spiro atoms.